The lowest BCUT2D eigenvalue weighted by atomic mass is 9.72. The number of ether oxygens (including phenoxy) is 2. The van der Waals surface area contributed by atoms with Crippen molar-refractivity contribution in [1.82, 2.24) is 0 Å². The Morgan fingerprint density at radius 1 is 1.14 bits per heavy atom. The number of rotatable bonds is 8. The quantitative estimate of drug-likeness (QED) is 0.370. The molecule has 29 heavy (non-hydrogen) atoms. The van der Waals surface area contributed by atoms with Crippen LogP contribution in [0.25, 0.3) is 0 Å². The molecule has 0 N–H and O–H groups in total. The van der Waals surface area contributed by atoms with Crippen molar-refractivity contribution in [2.45, 2.75) is 73.8 Å². The first-order valence-electron chi connectivity index (χ1n) is 10.3. The van der Waals surface area contributed by atoms with Gasteiger partial charge in [-0.1, -0.05) is 60.9 Å². The molecule has 1 rings (SSSR count). The van der Waals surface area contributed by atoms with E-state index in [1.165, 1.54) is 49.8 Å². The molecule has 0 aromatic rings. The van der Waals surface area contributed by atoms with Crippen LogP contribution in [0.2, 0.25) is 0 Å². The molecule has 0 saturated carbocycles. The van der Waals surface area contributed by atoms with Gasteiger partial charge < -0.3 is 9.47 Å². The fourth-order valence-corrected chi connectivity index (χ4v) is 3.37. The summed E-state index contributed by atoms with van der Waals surface area (Å²) in [5.41, 5.74) is 5.37. The van der Waals surface area contributed by atoms with E-state index in [4.69, 9.17) is 9.47 Å². The molecule has 0 fully saturated rings. The first-order valence-corrected chi connectivity index (χ1v) is 10.3. The van der Waals surface area contributed by atoms with Gasteiger partial charge in [0.2, 0.25) is 0 Å². The van der Waals surface area contributed by atoms with Crippen LogP contribution in [0.5, 0.6) is 0 Å². The molecule has 1 aliphatic carbocycles. The number of carbonyl (C=O) groups excluding carboxylic acids is 2. The van der Waals surface area contributed by atoms with Crippen LogP contribution in [0.15, 0.2) is 58.7 Å². The molecule has 0 aromatic heterocycles. The maximum atomic E-state index is 11.7. The third-order valence-electron chi connectivity index (χ3n) is 5.08. The minimum absolute atomic E-state index is 0.145. The van der Waals surface area contributed by atoms with Gasteiger partial charge in [-0.3, -0.25) is 4.79 Å². The maximum absolute atomic E-state index is 11.7. The number of hydrogen-bond acceptors (Lipinski definition) is 4. The van der Waals surface area contributed by atoms with Gasteiger partial charge in [0.25, 0.3) is 0 Å². The van der Waals surface area contributed by atoms with Crippen molar-refractivity contribution in [2.75, 3.05) is 6.61 Å². The third-order valence-corrected chi connectivity index (χ3v) is 5.08. The molecule has 0 spiro atoms. The molecule has 0 heterocycles. The summed E-state index contributed by atoms with van der Waals surface area (Å²) in [6.07, 6.45) is 15.1. The number of carbonyl (C=O) groups is 2. The predicted molar refractivity (Wildman–Crippen MR) is 118 cm³/mol. The normalized spacial score (nSPS) is 19.0. The van der Waals surface area contributed by atoms with Gasteiger partial charge in [-0.25, -0.2) is 4.79 Å². The monoisotopic (exact) mass is 400 g/mol. The van der Waals surface area contributed by atoms with Gasteiger partial charge >= 0.3 is 11.9 Å². The summed E-state index contributed by atoms with van der Waals surface area (Å²) in [4.78, 5) is 22.5. The Kier molecular flexibility index (Phi) is 9.87. The summed E-state index contributed by atoms with van der Waals surface area (Å²) in [7, 11) is 0. The lowest BCUT2D eigenvalue weighted by Gasteiger charge is -2.32. The molecule has 1 aliphatic rings. The highest BCUT2D eigenvalue weighted by molar-refractivity contribution is 5.78. The zero-order chi connectivity index (χ0) is 22.0. The molecular weight excluding hydrogens is 364 g/mol. The predicted octanol–water partition coefficient (Wildman–Crippen LogP) is 6.01. The van der Waals surface area contributed by atoms with E-state index in [0.717, 1.165) is 5.57 Å². The molecule has 160 valence electrons. The SMILES string of the molecule is CC(=O)OC(C)C(=O)OCC=C(C)C=CC=C(C)C=CC1=C(C)CCCC1(C)C. The molecule has 0 aliphatic heterocycles. The van der Waals surface area contributed by atoms with Gasteiger partial charge in [-0.15, -0.1) is 0 Å². The van der Waals surface area contributed by atoms with Crippen molar-refractivity contribution < 1.29 is 19.1 Å². The smallest absolute Gasteiger partial charge is 0.347 e. The van der Waals surface area contributed by atoms with Crippen molar-refractivity contribution >= 4 is 11.9 Å². The molecule has 0 radical (unpaired) electrons. The fraction of sp³-hybridized carbons (Fsp3) is 0.520. The highest BCUT2D eigenvalue weighted by Gasteiger charge is 2.26. The second-order valence-corrected chi connectivity index (χ2v) is 8.36. The molecule has 1 unspecified atom stereocenters. The summed E-state index contributed by atoms with van der Waals surface area (Å²) in [6.45, 7) is 13.8. The maximum Gasteiger partial charge on any atom is 0.347 e. The number of allylic oxidation sites excluding steroid dienone is 9. The summed E-state index contributed by atoms with van der Waals surface area (Å²) >= 11 is 0. The zero-order valence-corrected chi connectivity index (χ0v) is 19.0. The average molecular weight is 401 g/mol. The molecule has 0 bridgehead atoms. The topological polar surface area (TPSA) is 52.6 Å². The largest absolute Gasteiger partial charge is 0.459 e. The van der Waals surface area contributed by atoms with Gasteiger partial charge in [0.15, 0.2) is 6.10 Å². The van der Waals surface area contributed by atoms with E-state index in [-0.39, 0.29) is 12.0 Å². The lowest BCUT2D eigenvalue weighted by Crippen LogP contribution is -2.25. The number of esters is 2. The van der Waals surface area contributed by atoms with Gasteiger partial charge in [0.05, 0.1) is 0 Å². The second kappa shape index (κ2) is 11.6. The van der Waals surface area contributed by atoms with Crippen molar-refractivity contribution in [3.8, 4) is 0 Å². The standard InChI is InChI=1S/C25H36O4/c1-18(13-14-23-20(3)12-9-16-25(23,6)7)10-8-11-19(2)15-17-28-24(27)21(4)29-22(5)26/h8,10-11,13-15,21H,9,12,16-17H2,1-7H3. The highest BCUT2D eigenvalue weighted by Crippen LogP contribution is 2.40. The minimum Gasteiger partial charge on any atom is -0.459 e. The van der Waals surface area contributed by atoms with E-state index in [0.29, 0.717) is 0 Å². The molecule has 0 amide bonds. The Morgan fingerprint density at radius 3 is 2.45 bits per heavy atom. The van der Waals surface area contributed by atoms with E-state index >= 15 is 0 Å². The van der Waals surface area contributed by atoms with Crippen LogP contribution in [-0.4, -0.2) is 24.6 Å². The molecule has 1 atom stereocenters. The Morgan fingerprint density at radius 2 is 1.83 bits per heavy atom. The van der Waals surface area contributed by atoms with Gasteiger partial charge in [-0.05, 0) is 64.0 Å². The zero-order valence-electron chi connectivity index (χ0n) is 19.0. The van der Waals surface area contributed by atoms with Crippen molar-refractivity contribution in [2.24, 2.45) is 5.41 Å². The van der Waals surface area contributed by atoms with Crippen LogP contribution in [0.4, 0.5) is 0 Å². The van der Waals surface area contributed by atoms with Crippen LogP contribution in [0.3, 0.4) is 0 Å². The first kappa shape index (κ1) is 24.7. The van der Waals surface area contributed by atoms with Crippen molar-refractivity contribution in [1.29, 1.82) is 0 Å². The number of hydrogen-bond donors (Lipinski definition) is 0. The van der Waals surface area contributed by atoms with Crippen LogP contribution in [-0.2, 0) is 19.1 Å². The van der Waals surface area contributed by atoms with E-state index in [2.05, 4.69) is 45.9 Å². The highest BCUT2D eigenvalue weighted by atomic mass is 16.6. The summed E-state index contributed by atoms with van der Waals surface area (Å²) in [6, 6.07) is 0. The van der Waals surface area contributed by atoms with E-state index in [1.54, 1.807) is 0 Å². The van der Waals surface area contributed by atoms with Gasteiger partial charge in [0, 0.05) is 6.92 Å². The van der Waals surface area contributed by atoms with Gasteiger partial charge in [-0.2, -0.15) is 0 Å². The van der Waals surface area contributed by atoms with Gasteiger partial charge in [0.1, 0.15) is 6.61 Å². The van der Waals surface area contributed by atoms with E-state index in [9.17, 15) is 9.59 Å². The summed E-state index contributed by atoms with van der Waals surface area (Å²) < 4.78 is 9.86. The second-order valence-electron chi connectivity index (χ2n) is 8.36. The molecule has 4 heteroatoms. The lowest BCUT2D eigenvalue weighted by molar-refractivity contribution is -0.164. The summed E-state index contributed by atoms with van der Waals surface area (Å²) in [5, 5.41) is 0. The minimum atomic E-state index is -0.887. The summed E-state index contributed by atoms with van der Waals surface area (Å²) in [5.74, 6) is -1.05. The van der Waals surface area contributed by atoms with Crippen LogP contribution >= 0.6 is 0 Å². The van der Waals surface area contributed by atoms with Crippen molar-refractivity contribution in [3.05, 3.63) is 58.7 Å². The molecular formula is C25H36O4. The average Bonchev–Trinajstić information content (AvgIpc) is 2.60. The molecule has 4 nitrogen and oxygen atoms in total. The molecule has 0 aromatic carbocycles. The van der Waals surface area contributed by atoms with Crippen LogP contribution < -0.4 is 0 Å². The van der Waals surface area contributed by atoms with Crippen LogP contribution in [0.1, 0.15) is 67.7 Å². The molecule has 0 saturated heterocycles. The third kappa shape index (κ3) is 9.12. The van der Waals surface area contributed by atoms with Crippen LogP contribution in [0, 0.1) is 5.41 Å². The Bertz CT molecular complexity index is 745. The Balaban J connectivity index is 2.57. The first-order chi connectivity index (χ1) is 13.5. The Hall–Kier alpha value is -2.36. The Labute approximate surface area is 176 Å². The van der Waals surface area contributed by atoms with Crippen molar-refractivity contribution in [3.63, 3.8) is 0 Å². The van der Waals surface area contributed by atoms with E-state index < -0.39 is 18.0 Å². The fourth-order valence-electron chi connectivity index (χ4n) is 3.37. The van der Waals surface area contributed by atoms with E-state index in [1.807, 2.05) is 25.2 Å².